The van der Waals surface area contributed by atoms with Gasteiger partial charge in [0.1, 0.15) is 0 Å². The van der Waals surface area contributed by atoms with E-state index in [2.05, 4.69) is 90.1 Å². The van der Waals surface area contributed by atoms with Gasteiger partial charge in [-0.15, -0.1) is 0 Å². The SMILES string of the molecule is CC1(C)C2CCC1(C)C(c1ccccc1COCc1ccccc1C1CC3CCC1(C)C3(C)C)C2. The molecule has 0 radical (unpaired) electrons. The van der Waals surface area contributed by atoms with Crippen LogP contribution in [0.1, 0.15) is 114 Å². The molecule has 4 aliphatic rings. The van der Waals surface area contributed by atoms with Crippen LogP contribution in [0.4, 0.5) is 0 Å². The zero-order valence-corrected chi connectivity index (χ0v) is 23.0. The van der Waals surface area contributed by atoms with Crippen molar-refractivity contribution in [3.8, 4) is 0 Å². The Morgan fingerprint density at radius 1 is 0.629 bits per heavy atom. The van der Waals surface area contributed by atoms with Crippen molar-refractivity contribution in [3.63, 3.8) is 0 Å². The maximum absolute atomic E-state index is 6.54. The highest BCUT2D eigenvalue weighted by molar-refractivity contribution is 5.37. The molecule has 0 N–H and O–H groups in total. The van der Waals surface area contributed by atoms with Crippen LogP contribution in [-0.4, -0.2) is 0 Å². The lowest BCUT2D eigenvalue weighted by atomic mass is 9.64. The van der Waals surface area contributed by atoms with Gasteiger partial charge < -0.3 is 4.74 Å². The summed E-state index contributed by atoms with van der Waals surface area (Å²) >= 11 is 0. The molecule has 0 heterocycles. The Morgan fingerprint density at radius 3 is 1.37 bits per heavy atom. The van der Waals surface area contributed by atoms with E-state index in [0.29, 0.717) is 33.5 Å². The molecule has 6 rings (SSSR count). The van der Waals surface area contributed by atoms with Crippen molar-refractivity contribution in [1.29, 1.82) is 0 Å². The lowest BCUT2D eigenvalue weighted by Gasteiger charge is -2.40. The van der Waals surface area contributed by atoms with E-state index in [1.807, 2.05) is 0 Å². The average molecular weight is 471 g/mol. The highest BCUT2D eigenvalue weighted by atomic mass is 16.5. The van der Waals surface area contributed by atoms with Crippen molar-refractivity contribution in [1.82, 2.24) is 0 Å². The fourth-order valence-electron chi connectivity index (χ4n) is 9.63. The first-order chi connectivity index (χ1) is 16.6. The van der Waals surface area contributed by atoms with Gasteiger partial charge in [0.05, 0.1) is 13.2 Å². The second-order valence-corrected chi connectivity index (χ2v) is 14.2. The second kappa shape index (κ2) is 7.95. The summed E-state index contributed by atoms with van der Waals surface area (Å²) in [7, 11) is 0. The zero-order chi connectivity index (χ0) is 24.6. The van der Waals surface area contributed by atoms with E-state index in [-0.39, 0.29) is 0 Å². The molecule has 35 heavy (non-hydrogen) atoms. The zero-order valence-electron chi connectivity index (χ0n) is 23.0. The maximum atomic E-state index is 6.54. The van der Waals surface area contributed by atoms with Gasteiger partial charge in [0.25, 0.3) is 0 Å². The van der Waals surface area contributed by atoms with Crippen LogP contribution in [0.5, 0.6) is 0 Å². The predicted octanol–water partition coefficient (Wildman–Crippen LogP) is 9.26. The van der Waals surface area contributed by atoms with Gasteiger partial charge in [0.15, 0.2) is 0 Å². The Labute approximate surface area is 214 Å². The molecule has 6 unspecified atom stereocenters. The first kappa shape index (κ1) is 23.8. The van der Waals surface area contributed by atoms with Gasteiger partial charge in [-0.2, -0.15) is 0 Å². The van der Waals surface area contributed by atoms with Crippen LogP contribution in [0.3, 0.4) is 0 Å². The number of benzene rings is 2. The first-order valence-electron chi connectivity index (χ1n) is 14.3. The molecular weight excluding hydrogens is 424 g/mol. The molecule has 4 saturated carbocycles. The van der Waals surface area contributed by atoms with E-state index in [4.69, 9.17) is 4.74 Å². The van der Waals surface area contributed by atoms with E-state index in [1.54, 1.807) is 11.1 Å². The number of rotatable bonds is 6. The third kappa shape index (κ3) is 3.22. The highest BCUT2D eigenvalue weighted by Crippen LogP contribution is 2.72. The predicted molar refractivity (Wildman–Crippen MR) is 145 cm³/mol. The molecule has 0 amide bonds. The van der Waals surface area contributed by atoms with Gasteiger partial charge >= 0.3 is 0 Å². The molecular formula is C34H46O. The Kier molecular flexibility index (Phi) is 5.40. The fourth-order valence-corrected chi connectivity index (χ4v) is 9.63. The fraction of sp³-hybridized carbons (Fsp3) is 0.647. The molecule has 1 nitrogen and oxygen atoms in total. The molecule has 0 spiro atoms. The highest BCUT2D eigenvalue weighted by Gasteiger charge is 2.62. The Bertz CT molecular complexity index is 1020. The molecule has 4 aliphatic carbocycles. The molecule has 0 aromatic heterocycles. The van der Waals surface area contributed by atoms with Crippen molar-refractivity contribution in [3.05, 3.63) is 70.8 Å². The van der Waals surface area contributed by atoms with E-state index in [1.165, 1.54) is 49.7 Å². The minimum Gasteiger partial charge on any atom is -0.372 e. The summed E-state index contributed by atoms with van der Waals surface area (Å²) in [5.74, 6) is 3.07. The van der Waals surface area contributed by atoms with Gasteiger partial charge in [-0.3, -0.25) is 0 Å². The number of hydrogen-bond donors (Lipinski definition) is 0. The van der Waals surface area contributed by atoms with Crippen LogP contribution in [0, 0.1) is 33.5 Å². The Morgan fingerprint density at radius 2 is 1.03 bits per heavy atom. The quantitative estimate of drug-likeness (QED) is 0.409. The Hall–Kier alpha value is -1.60. The summed E-state index contributed by atoms with van der Waals surface area (Å²) in [5, 5.41) is 0. The summed E-state index contributed by atoms with van der Waals surface area (Å²) in [4.78, 5) is 0. The summed E-state index contributed by atoms with van der Waals surface area (Å²) < 4.78 is 6.54. The van der Waals surface area contributed by atoms with Crippen LogP contribution in [0.25, 0.3) is 0 Å². The van der Waals surface area contributed by atoms with Crippen LogP contribution in [0.2, 0.25) is 0 Å². The van der Waals surface area contributed by atoms with Crippen molar-refractivity contribution in [2.45, 2.75) is 105 Å². The van der Waals surface area contributed by atoms with E-state index >= 15 is 0 Å². The Balaban J connectivity index is 1.20. The topological polar surface area (TPSA) is 9.23 Å². The molecule has 2 aromatic rings. The maximum Gasteiger partial charge on any atom is 0.0724 e. The van der Waals surface area contributed by atoms with Gasteiger partial charge in [-0.25, -0.2) is 0 Å². The van der Waals surface area contributed by atoms with Crippen LogP contribution >= 0.6 is 0 Å². The normalized spacial score (nSPS) is 38.3. The third-order valence-corrected chi connectivity index (χ3v) is 13.0. The van der Waals surface area contributed by atoms with Gasteiger partial charge in [-0.05, 0) is 106 Å². The van der Waals surface area contributed by atoms with Crippen LogP contribution < -0.4 is 0 Å². The summed E-state index contributed by atoms with van der Waals surface area (Å²) in [6, 6.07) is 18.3. The second-order valence-electron chi connectivity index (χ2n) is 14.2. The molecule has 6 atom stereocenters. The lowest BCUT2D eigenvalue weighted by molar-refractivity contribution is 0.100. The molecule has 4 bridgehead atoms. The van der Waals surface area contributed by atoms with Crippen LogP contribution in [0.15, 0.2) is 48.5 Å². The average Bonchev–Trinajstić information content (AvgIpc) is 3.36. The van der Waals surface area contributed by atoms with E-state index < -0.39 is 0 Å². The number of hydrogen-bond acceptors (Lipinski definition) is 1. The van der Waals surface area contributed by atoms with Gasteiger partial charge in [0, 0.05) is 0 Å². The lowest BCUT2D eigenvalue weighted by Crippen LogP contribution is -2.31. The first-order valence-corrected chi connectivity index (χ1v) is 14.3. The molecule has 0 aliphatic heterocycles. The molecule has 4 fully saturated rings. The largest absolute Gasteiger partial charge is 0.372 e. The monoisotopic (exact) mass is 470 g/mol. The smallest absolute Gasteiger partial charge is 0.0724 e. The van der Waals surface area contributed by atoms with E-state index in [9.17, 15) is 0 Å². The van der Waals surface area contributed by atoms with Crippen LogP contribution in [-0.2, 0) is 18.0 Å². The summed E-state index contributed by atoms with van der Waals surface area (Å²) in [5.41, 5.74) is 7.63. The molecule has 2 aromatic carbocycles. The van der Waals surface area contributed by atoms with Gasteiger partial charge in [0.2, 0.25) is 0 Å². The molecule has 188 valence electrons. The van der Waals surface area contributed by atoms with Crippen molar-refractivity contribution in [2.75, 3.05) is 0 Å². The minimum absolute atomic E-state index is 0.407. The molecule has 1 heteroatoms. The number of fused-ring (bicyclic) bond motifs is 4. The van der Waals surface area contributed by atoms with Gasteiger partial charge in [-0.1, -0.05) is 90.1 Å². The van der Waals surface area contributed by atoms with Crippen molar-refractivity contribution >= 4 is 0 Å². The third-order valence-electron chi connectivity index (χ3n) is 13.0. The van der Waals surface area contributed by atoms with Crippen molar-refractivity contribution in [2.24, 2.45) is 33.5 Å². The minimum atomic E-state index is 0.407. The number of ether oxygens (including phenoxy) is 1. The standard InChI is InChI=1S/C34H46O/c1-31(2)25-15-17-33(31,5)29(19-25)27-13-9-7-11-23(27)21-35-22-24-12-8-10-14-28(24)30-20-26-16-18-34(30,6)32(26,3)4/h7-14,25-26,29-30H,15-22H2,1-6H3. The summed E-state index contributed by atoms with van der Waals surface area (Å²) in [6.07, 6.45) is 8.26. The van der Waals surface area contributed by atoms with Crippen molar-refractivity contribution < 1.29 is 4.74 Å². The molecule has 0 saturated heterocycles. The van der Waals surface area contributed by atoms with E-state index in [0.717, 1.165) is 25.0 Å². The summed E-state index contributed by atoms with van der Waals surface area (Å²) in [6.45, 7) is 16.7.